The number of benzene rings is 1. The molecule has 0 saturated heterocycles. The van der Waals surface area contributed by atoms with Crippen molar-refractivity contribution in [1.82, 2.24) is 9.38 Å². The number of thiazole rings is 1. The number of carbonyl (C=O) groups is 1. The van der Waals surface area contributed by atoms with Gasteiger partial charge in [-0.3, -0.25) is 4.40 Å². The first-order chi connectivity index (χ1) is 9.22. The summed E-state index contributed by atoms with van der Waals surface area (Å²) in [7, 11) is 0. The maximum Gasteiger partial charge on any atom is 0.338 e. The number of carbonyl (C=O) groups excluding carboxylic acids is 1. The number of imidazole rings is 1. The van der Waals surface area contributed by atoms with E-state index in [-0.39, 0.29) is 6.61 Å². The van der Waals surface area contributed by atoms with Gasteiger partial charge in [0.2, 0.25) is 0 Å². The van der Waals surface area contributed by atoms with Crippen LogP contribution in [0.1, 0.15) is 16.1 Å². The molecule has 0 spiro atoms. The number of fused-ring (bicyclic) bond motifs is 1. The van der Waals surface area contributed by atoms with Crippen molar-refractivity contribution in [2.24, 2.45) is 0 Å². The van der Waals surface area contributed by atoms with E-state index in [0.717, 1.165) is 10.7 Å². The molecular weight excluding hydrogens is 262 g/mol. The number of nitrogens with zero attached hydrogens (tertiary/aromatic N) is 2. The fourth-order valence-corrected chi connectivity index (χ4v) is 2.45. The van der Waals surface area contributed by atoms with Crippen LogP contribution in [0.4, 0.5) is 5.69 Å². The maximum absolute atomic E-state index is 11.8. The number of nitrogens with two attached hydrogens (primary N) is 1. The summed E-state index contributed by atoms with van der Waals surface area (Å²) in [6.07, 6.45) is 3.76. The summed E-state index contributed by atoms with van der Waals surface area (Å²) in [4.78, 5) is 17.0. The van der Waals surface area contributed by atoms with E-state index in [4.69, 9.17) is 10.5 Å². The second kappa shape index (κ2) is 4.74. The Hall–Kier alpha value is -2.34. The lowest BCUT2D eigenvalue weighted by atomic mass is 10.2. The van der Waals surface area contributed by atoms with Crippen LogP contribution in [0.25, 0.3) is 4.96 Å². The third-order valence-corrected chi connectivity index (χ3v) is 3.39. The van der Waals surface area contributed by atoms with E-state index in [1.165, 1.54) is 11.3 Å². The van der Waals surface area contributed by atoms with Gasteiger partial charge >= 0.3 is 5.97 Å². The molecule has 6 heteroatoms. The van der Waals surface area contributed by atoms with E-state index >= 15 is 0 Å². The zero-order valence-electron chi connectivity index (χ0n) is 9.95. The van der Waals surface area contributed by atoms with Gasteiger partial charge in [-0.05, 0) is 18.2 Å². The van der Waals surface area contributed by atoms with Crippen LogP contribution < -0.4 is 5.73 Å². The first-order valence-electron chi connectivity index (χ1n) is 5.66. The third-order valence-electron chi connectivity index (χ3n) is 2.62. The van der Waals surface area contributed by atoms with Gasteiger partial charge in [0, 0.05) is 23.5 Å². The number of hydrogen-bond donors (Lipinski definition) is 1. The second-order valence-electron chi connectivity index (χ2n) is 4.03. The van der Waals surface area contributed by atoms with E-state index in [2.05, 4.69) is 4.98 Å². The molecular formula is C13H11N3O2S. The highest BCUT2D eigenvalue weighted by molar-refractivity contribution is 7.15. The van der Waals surface area contributed by atoms with E-state index in [9.17, 15) is 4.79 Å². The predicted octanol–water partition coefficient (Wildman–Crippen LogP) is 2.33. The van der Waals surface area contributed by atoms with Crippen LogP contribution in [0, 0.1) is 0 Å². The molecule has 0 aliphatic carbocycles. The molecule has 0 radical (unpaired) electrons. The monoisotopic (exact) mass is 273 g/mol. The largest absolute Gasteiger partial charge is 0.456 e. The Balaban J connectivity index is 1.69. The minimum absolute atomic E-state index is 0.155. The van der Waals surface area contributed by atoms with Crippen LogP contribution in [-0.4, -0.2) is 15.4 Å². The van der Waals surface area contributed by atoms with Crippen LogP contribution in [0.5, 0.6) is 0 Å². The van der Waals surface area contributed by atoms with Gasteiger partial charge in [0.1, 0.15) is 6.61 Å². The Kier molecular flexibility index (Phi) is 2.92. The zero-order chi connectivity index (χ0) is 13.2. The lowest BCUT2D eigenvalue weighted by molar-refractivity contribution is 0.0468. The zero-order valence-corrected chi connectivity index (χ0v) is 10.8. The van der Waals surface area contributed by atoms with Crippen molar-refractivity contribution in [2.75, 3.05) is 5.73 Å². The molecule has 0 aliphatic heterocycles. The number of nitrogen functional groups attached to an aromatic ring is 1. The summed E-state index contributed by atoms with van der Waals surface area (Å²) >= 11 is 1.54. The lowest BCUT2D eigenvalue weighted by Crippen LogP contribution is -2.05. The number of rotatable bonds is 3. The van der Waals surface area contributed by atoms with Crippen molar-refractivity contribution in [1.29, 1.82) is 0 Å². The first kappa shape index (κ1) is 11.7. The van der Waals surface area contributed by atoms with E-state index < -0.39 is 5.97 Å². The van der Waals surface area contributed by atoms with Crippen molar-refractivity contribution in [3.8, 4) is 0 Å². The SMILES string of the molecule is Nc1cccc(C(=O)OCc2cn3ccsc3n2)c1. The van der Waals surface area contributed by atoms with Gasteiger partial charge in [0.25, 0.3) is 0 Å². The minimum Gasteiger partial charge on any atom is -0.456 e. The molecule has 0 atom stereocenters. The van der Waals surface area contributed by atoms with Gasteiger partial charge in [0.15, 0.2) is 4.96 Å². The quantitative estimate of drug-likeness (QED) is 0.587. The molecule has 96 valence electrons. The van der Waals surface area contributed by atoms with Crippen molar-refractivity contribution in [3.63, 3.8) is 0 Å². The summed E-state index contributed by atoms with van der Waals surface area (Å²) in [5.41, 5.74) is 7.33. The molecule has 0 aliphatic rings. The Morgan fingerprint density at radius 2 is 2.37 bits per heavy atom. The van der Waals surface area contributed by atoms with Crippen molar-refractivity contribution in [2.45, 2.75) is 6.61 Å². The number of ether oxygens (including phenoxy) is 1. The second-order valence-corrected chi connectivity index (χ2v) is 4.90. The van der Waals surface area contributed by atoms with E-state index in [1.807, 2.05) is 22.2 Å². The standard InChI is InChI=1S/C13H11N3O2S/c14-10-3-1-2-9(6-10)12(17)18-8-11-7-16-4-5-19-13(16)15-11/h1-7H,8,14H2. The Labute approximate surface area is 113 Å². The molecule has 3 rings (SSSR count). The van der Waals surface area contributed by atoms with Gasteiger partial charge in [-0.25, -0.2) is 9.78 Å². The predicted molar refractivity (Wildman–Crippen MR) is 73.0 cm³/mol. The molecule has 2 aromatic heterocycles. The Morgan fingerprint density at radius 1 is 1.47 bits per heavy atom. The average Bonchev–Trinajstić information content (AvgIpc) is 2.96. The van der Waals surface area contributed by atoms with Crippen LogP contribution >= 0.6 is 11.3 Å². The van der Waals surface area contributed by atoms with Crippen molar-refractivity contribution in [3.05, 3.63) is 53.3 Å². The van der Waals surface area contributed by atoms with Crippen LogP contribution in [0.2, 0.25) is 0 Å². The van der Waals surface area contributed by atoms with Crippen LogP contribution in [0.3, 0.4) is 0 Å². The van der Waals surface area contributed by atoms with Crippen molar-refractivity contribution < 1.29 is 9.53 Å². The van der Waals surface area contributed by atoms with Gasteiger partial charge in [-0.1, -0.05) is 6.07 Å². The molecule has 2 heterocycles. The molecule has 0 saturated carbocycles. The van der Waals surface area contributed by atoms with Gasteiger partial charge < -0.3 is 10.5 Å². The molecule has 0 amide bonds. The number of aromatic nitrogens is 2. The molecule has 19 heavy (non-hydrogen) atoms. The maximum atomic E-state index is 11.8. The molecule has 2 N–H and O–H groups in total. The fourth-order valence-electron chi connectivity index (χ4n) is 1.73. The number of anilines is 1. The fraction of sp³-hybridized carbons (Fsp3) is 0.0769. The average molecular weight is 273 g/mol. The lowest BCUT2D eigenvalue weighted by Gasteiger charge is -2.03. The topological polar surface area (TPSA) is 69.6 Å². The summed E-state index contributed by atoms with van der Waals surface area (Å²) in [5.74, 6) is -0.399. The molecule has 1 aromatic carbocycles. The highest BCUT2D eigenvalue weighted by Crippen LogP contribution is 2.13. The molecule has 3 aromatic rings. The third kappa shape index (κ3) is 2.43. The number of hydrogen-bond acceptors (Lipinski definition) is 5. The van der Waals surface area contributed by atoms with Crippen LogP contribution in [-0.2, 0) is 11.3 Å². The smallest absolute Gasteiger partial charge is 0.338 e. The molecule has 5 nitrogen and oxygen atoms in total. The summed E-state index contributed by atoms with van der Waals surface area (Å²) in [5, 5.41) is 1.95. The van der Waals surface area contributed by atoms with E-state index in [1.54, 1.807) is 24.3 Å². The molecule has 0 unspecified atom stereocenters. The van der Waals surface area contributed by atoms with E-state index in [0.29, 0.717) is 11.3 Å². The normalized spacial score (nSPS) is 10.7. The highest BCUT2D eigenvalue weighted by atomic mass is 32.1. The Bertz CT molecular complexity index is 704. The van der Waals surface area contributed by atoms with Crippen LogP contribution in [0.15, 0.2) is 42.0 Å². The molecule has 0 fully saturated rings. The van der Waals surface area contributed by atoms with Gasteiger partial charge in [-0.15, -0.1) is 11.3 Å². The first-order valence-corrected chi connectivity index (χ1v) is 6.54. The molecule has 0 bridgehead atoms. The van der Waals surface area contributed by atoms with Gasteiger partial charge in [-0.2, -0.15) is 0 Å². The minimum atomic E-state index is -0.399. The summed E-state index contributed by atoms with van der Waals surface area (Å²) in [6, 6.07) is 6.71. The van der Waals surface area contributed by atoms with Crippen molar-refractivity contribution >= 4 is 28.0 Å². The summed E-state index contributed by atoms with van der Waals surface area (Å²) < 4.78 is 7.10. The summed E-state index contributed by atoms with van der Waals surface area (Å²) in [6.45, 7) is 0.155. The highest BCUT2D eigenvalue weighted by Gasteiger charge is 2.09. The van der Waals surface area contributed by atoms with Gasteiger partial charge in [0.05, 0.1) is 11.3 Å². The number of esters is 1. The Morgan fingerprint density at radius 3 is 3.16 bits per heavy atom.